The van der Waals surface area contributed by atoms with Crippen molar-refractivity contribution < 1.29 is 27.5 Å². The highest BCUT2D eigenvalue weighted by molar-refractivity contribution is 7.92. The number of hydrogen-bond acceptors (Lipinski definition) is 6. The fourth-order valence-corrected chi connectivity index (χ4v) is 5.98. The third-order valence-corrected chi connectivity index (χ3v) is 7.78. The van der Waals surface area contributed by atoms with Crippen LogP contribution in [0, 0.1) is 18.8 Å². The molecule has 0 bridgehead atoms. The number of methoxy groups -OCH3 is 2. The minimum Gasteiger partial charge on any atom is -0.495 e. The predicted octanol–water partition coefficient (Wildman–Crippen LogP) is 3.49. The Morgan fingerprint density at radius 1 is 0.939 bits per heavy atom. The van der Waals surface area contributed by atoms with Crippen molar-refractivity contribution in [2.45, 2.75) is 44.0 Å². The summed E-state index contributed by atoms with van der Waals surface area (Å²) < 4.78 is 39.7. The van der Waals surface area contributed by atoms with Crippen molar-refractivity contribution in [3.05, 3.63) is 47.5 Å². The van der Waals surface area contributed by atoms with E-state index in [0.29, 0.717) is 17.0 Å². The standard InChI is InChI=1S/C24H28N2O6S/c1-15-8-10-20(31-2)19(12-15)25-33(29,30)22-13-16(9-11-21(22)32-3)14-26-23(27)17-6-4-5-7-18(17)24(26)28/h8-13,17-18,25H,4-7,14H2,1-3H3/t17-,18+. The van der Waals surface area contributed by atoms with E-state index in [-0.39, 0.29) is 40.8 Å². The van der Waals surface area contributed by atoms with Crippen LogP contribution >= 0.6 is 0 Å². The highest BCUT2D eigenvalue weighted by Gasteiger charge is 2.47. The lowest BCUT2D eigenvalue weighted by Gasteiger charge is -2.19. The smallest absolute Gasteiger partial charge is 0.265 e. The second-order valence-corrected chi connectivity index (χ2v) is 10.2. The number of ether oxygens (including phenoxy) is 2. The van der Waals surface area contributed by atoms with E-state index in [9.17, 15) is 18.0 Å². The van der Waals surface area contributed by atoms with Gasteiger partial charge in [0.15, 0.2) is 0 Å². The Morgan fingerprint density at radius 3 is 2.15 bits per heavy atom. The Labute approximate surface area is 193 Å². The first kappa shape index (κ1) is 23.1. The quantitative estimate of drug-likeness (QED) is 0.619. The van der Waals surface area contributed by atoms with E-state index < -0.39 is 10.0 Å². The maximum atomic E-state index is 13.3. The molecule has 1 N–H and O–H groups in total. The van der Waals surface area contributed by atoms with Gasteiger partial charge in [-0.25, -0.2) is 8.42 Å². The van der Waals surface area contributed by atoms with E-state index >= 15 is 0 Å². The van der Waals surface area contributed by atoms with Crippen LogP contribution in [0.2, 0.25) is 0 Å². The van der Waals surface area contributed by atoms with Crippen molar-refractivity contribution >= 4 is 27.5 Å². The van der Waals surface area contributed by atoms with E-state index in [4.69, 9.17) is 9.47 Å². The van der Waals surface area contributed by atoms with Gasteiger partial charge in [0, 0.05) is 0 Å². The van der Waals surface area contributed by atoms with E-state index in [1.165, 1.54) is 31.3 Å². The molecular formula is C24H28N2O6S. The van der Waals surface area contributed by atoms with E-state index in [2.05, 4.69) is 4.72 Å². The van der Waals surface area contributed by atoms with Crippen LogP contribution < -0.4 is 14.2 Å². The lowest BCUT2D eigenvalue weighted by Crippen LogP contribution is -2.30. The Hall–Kier alpha value is -3.07. The minimum atomic E-state index is -4.05. The summed E-state index contributed by atoms with van der Waals surface area (Å²) in [5, 5.41) is 0. The number of nitrogens with one attached hydrogen (secondary N) is 1. The molecule has 176 valence electrons. The van der Waals surface area contributed by atoms with Gasteiger partial charge in [0.05, 0.1) is 38.3 Å². The fraction of sp³-hybridized carbons (Fsp3) is 0.417. The molecule has 8 nitrogen and oxygen atoms in total. The average molecular weight is 473 g/mol. The van der Waals surface area contributed by atoms with Crippen LogP contribution in [0.1, 0.15) is 36.8 Å². The van der Waals surface area contributed by atoms with Gasteiger partial charge in [-0.3, -0.25) is 19.2 Å². The molecule has 0 spiro atoms. The lowest BCUT2D eigenvalue weighted by molar-refractivity contribution is -0.140. The summed E-state index contributed by atoms with van der Waals surface area (Å²) >= 11 is 0. The van der Waals surface area contributed by atoms with Crippen LogP contribution in [-0.2, 0) is 26.2 Å². The summed E-state index contributed by atoms with van der Waals surface area (Å²) in [5.41, 5.74) is 1.70. The first-order valence-electron chi connectivity index (χ1n) is 10.9. The first-order valence-corrected chi connectivity index (χ1v) is 12.4. The maximum absolute atomic E-state index is 13.3. The van der Waals surface area contributed by atoms with E-state index in [1.54, 1.807) is 18.2 Å². The molecule has 1 saturated carbocycles. The molecule has 2 atom stereocenters. The molecule has 2 aromatic rings. The Bertz CT molecular complexity index is 1170. The highest BCUT2D eigenvalue weighted by Crippen LogP contribution is 2.39. The van der Waals surface area contributed by atoms with Gasteiger partial charge in [-0.1, -0.05) is 25.0 Å². The molecule has 1 aliphatic carbocycles. The number of rotatable bonds is 7. The molecule has 4 rings (SSSR count). The molecule has 2 fully saturated rings. The van der Waals surface area contributed by atoms with Crippen molar-refractivity contribution in [2.75, 3.05) is 18.9 Å². The van der Waals surface area contributed by atoms with Crippen LogP contribution in [0.3, 0.4) is 0 Å². The molecule has 0 aromatic heterocycles. The van der Waals surface area contributed by atoms with Gasteiger partial charge >= 0.3 is 0 Å². The number of aryl methyl sites for hydroxylation is 1. The van der Waals surface area contributed by atoms with Crippen molar-refractivity contribution in [1.29, 1.82) is 0 Å². The third kappa shape index (κ3) is 4.42. The zero-order valence-electron chi connectivity index (χ0n) is 19.0. The number of sulfonamides is 1. The third-order valence-electron chi connectivity index (χ3n) is 6.39. The number of hydrogen-bond donors (Lipinski definition) is 1. The Balaban J connectivity index is 1.64. The number of anilines is 1. The van der Waals surface area contributed by atoms with Gasteiger partial charge in [0.2, 0.25) is 11.8 Å². The number of likely N-dealkylation sites (tertiary alicyclic amines) is 1. The van der Waals surface area contributed by atoms with Gasteiger partial charge in [-0.2, -0.15) is 0 Å². The summed E-state index contributed by atoms with van der Waals surface area (Å²) in [6.07, 6.45) is 3.37. The predicted molar refractivity (Wildman–Crippen MR) is 123 cm³/mol. The zero-order valence-corrected chi connectivity index (χ0v) is 19.8. The monoisotopic (exact) mass is 472 g/mol. The van der Waals surface area contributed by atoms with Crippen LogP contribution in [0.25, 0.3) is 0 Å². The molecule has 2 aliphatic rings. The molecular weight excluding hydrogens is 444 g/mol. The highest BCUT2D eigenvalue weighted by atomic mass is 32.2. The lowest BCUT2D eigenvalue weighted by atomic mass is 9.81. The maximum Gasteiger partial charge on any atom is 0.265 e. The topological polar surface area (TPSA) is 102 Å². The minimum absolute atomic E-state index is 0.0327. The molecule has 1 aliphatic heterocycles. The molecule has 1 heterocycles. The Morgan fingerprint density at radius 2 is 1.55 bits per heavy atom. The van der Waals surface area contributed by atoms with Gasteiger partial charge in [0.25, 0.3) is 10.0 Å². The van der Waals surface area contributed by atoms with Crippen molar-refractivity contribution in [2.24, 2.45) is 11.8 Å². The molecule has 0 radical (unpaired) electrons. The van der Waals surface area contributed by atoms with Crippen LogP contribution in [-0.4, -0.2) is 39.4 Å². The summed E-state index contributed by atoms with van der Waals surface area (Å²) in [7, 11) is -1.20. The molecule has 2 aromatic carbocycles. The number of amides is 2. The molecule has 0 unspecified atom stereocenters. The molecule has 2 amide bonds. The molecule has 9 heteroatoms. The SMILES string of the molecule is COc1ccc(C)cc1NS(=O)(=O)c1cc(CN2C(=O)[C@H]3CCCC[C@H]3C2=O)ccc1OC. The normalized spacial score (nSPS) is 20.5. The first-order chi connectivity index (χ1) is 15.7. The number of fused-ring (bicyclic) bond motifs is 1. The summed E-state index contributed by atoms with van der Waals surface area (Å²) in [6, 6.07) is 9.84. The second kappa shape index (κ2) is 9.05. The zero-order chi connectivity index (χ0) is 23.8. The van der Waals surface area contributed by atoms with Gasteiger partial charge in [-0.05, 0) is 55.2 Å². The largest absolute Gasteiger partial charge is 0.495 e. The number of carbonyl (C=O) groups is 2. The Kier molecular flexibility index (Phi) is 6.34. The fourth-order valence-electron chi connectivity index (χ4n) is 4.70. The van der Waals surface area contributed by atoms with Crippen LogP contribution in [0.15, 0.2) is 41.3 Å². The molecule has 33 heavy (non-hydrogen) atoms. The number of benzene rings is 2. The van der Waals surface area contributed by atoms with Crippen molar-refractivity contribution in [1.82, 2.24) is 4.90 Å². The summed E-state index contributed by atoms with van der Waals surface area (Å²) in [6.45, 7) is 1.88. The van der Waals surface area contributed by atoms with E-state index in [1.807, 2.05) is 13.0 Å². The van der Waals surface area contributed by atoms with E-state index in [0.717, 1.165) is 31.2 Å². The number of carbonyl (C=O) groups excluding carboxylic acids is 2. The summed E-state index contributed by atoms with van der Waals surface area (Å²) in [4.78, 5) is 26.9. The van der Waals surface area contributed by atoms with Crippen molar-refractivity contribution in [3.63, 3.8) is 0 Å². The summed E-state index contributed by atoms with van der Waals surface area (Å²) in [5.74, 6) is -0.271. The average Bonchev–Trinajstić information content (AvgIpc) is 3.04. The van der Waals surface area contributed by atoms with Crippen LogP contribution in [0.4, 0.5) is 5.69 Å². The van der Waals surface area contributed by atoms with Crippen LogP contribution in [0.5, 0.6) is 11.5 Å². The van der Waals surface area contributed by atoms with Gasteiger partial charge in [-0.15, -0.1) is 0 Å². The van der Waals surface area contributed by atoms with Gasteiger partial charge in [0.1, 0.15) is 16.4 Å². The second-order valence-electron chi connectivity index (χ2n) is 8.55. The number of imide groups is 1. The number of nitrogens with zero attached hydrogens (tertiary/aromatic N) is 1. The molecule has 1 saturated heterocycles. The van der Waals surface area contributed by atoms with Gasteiger partial charge < -0.3 is 9.47 Å². The van der Waals surface area contributed by atoms with Crippen molar-refractivity contribution in [3.8, 4) is 11.5 Å².